The van der Waals surface area contributed by atoms with Crippen molar-refractivity contribution >= 4 is 33.1 Å². The minimum atomic E-state index is 0.136. The van der Waals surface area contributed by atoms with Crippen LogP contribution >= 0.6 is 11.3 Å². The summed E-state index contributed by atoms with van der Waals surface area (Å²) >= 11 is 1.57. The standard InChI is InChI=1S/C25H24N4O3S/c1-17(30)28-11-13-29(14-12-28)19-5-9-21(10-6-19)32-24-23-22(15-33-25(23)27-16-26-24)18-3-7-20(31-2)8-4-18/h3-10,15-16H,11-14H2,1-2H3. The molecule has 4 aromatic rings. The van der Waals surface area contributed by atoms with Crippen molar-refractivity contribution in [3.63, 3.8) is 0 Å². The summed E-state index contributed by atoms with van der Waals surface area (Å²) < 4.78 is 11.5. The van der Waals surface area contributed by atoms with Gasteiger partial charge < -0.3 is 19.3 Å². The second-order valence-electron chi connectivity index (χ2n) is 7.83. The van der Waals surface area contributed by atoms with Crippen LogP contribution in [0.15, 0.2) is 60.2 Å². The van der Waals surface area contributed by atoms with E-state index in [9.17, 15) is 4.79 Å². The van der Waals surface area contributed by atoms with E-state index in [0.29, 0.717) is 11.6 Å². The number of nitrogens with zero attached hydrogens (tertiary/aromatic N) is 4. The summed E-state index contributed by atoms with van der Waals surface area (Å²) in [6.07, 6.45) is 1.54. The van der Waals surface area contributed by atoms with Crippen LogP contribution in [0.25, 0.3) is 21.3 Å². The van der Waals surface area contributed by atoms with Crippen LogP contribution in [-0.2, 0) is 4.79 Å². The van der Waals surface area contributed by atoms with Crippen molar-refractivity contribution in [3.8, 4) is 28.5 Å². The van der Waals surface area contributed by atoms with Gasteiger partial charge in [-0.1, -0.05) is 12.1 Å². The number of ether oxygens (including phenoxy) is 2. The Labute approximate surface area is 196 Å². The van der Waals surface area contributed by atoms with Gasteiger partial charge in [0.25, 0.3) is 0 Å². The molecule has 1 aliphatic rings. The molecule has 7 nitrogen and oxygen atoms in total. The van der Waals surface area contributed by atoms with Crippen molar-refractivity contribution < 1.29 is 14.3 Å². The van der Waals surface area contributed by atoms with Crippen LogP contribution < -0.4 is 14.4 Å². The van der Waals surface area contributed by atoms with Gasteiger partial charge in [-0.25, -0.2) is 9.97 Å². The minimum absolute atomic E-state index is 0.136. The Hall–Kier alpha value is -3.65. The van der Waals surface area contributed by atoms with Crippen molar-refractivity contribution in [2.75, 3.05) is 38.2 Å². The number of piperazine rings is 1. The Balaban J connectivity index is 1.37. The number of benzene rings is 2. The third kappa shape index (κ3) is 4.34. The van der Waals surface area contributed by atoms with Crippen LogP contribution in [0.3, 0.4) is 0 Å². The molecule has 5 rings (SSSR count). The molecule has 1 amide bonds. The van der Waals surface area contributed by atoms with Gasteiger partial charge in [0.15, 0.2) is 0 Å². The zero-order valence-electron chi connectivity index (χ0n) is 18.5. The number of hydrogen-bond donors (Lipinski definition) is 0. The number of rotatable bonds is 5. The van der Waals surface area contributed by atoms with E-state index in [1.807, 2.05) is 41.3 Å². The zero-order valence-corrected chi connectivity index (χ0v) is 19.3. The monoisotopic (exact) mass is 460 g/mol. The van der Waals surface area contributed by atoms with Crippen molar-refractivity contribution in [3.05, 3.63) is 60.2 Å². The molecule has 33 heavy (non-hydrogen) atoms. The number of thiophene rings is 1. The molecule has 0 radical (unpaired) electrons. The molecule has 2 aromatic carbocycles. The highest BCUT2D eigenvalue weighted by Crippen LogP contribution is 2.39. The van der Waals surface area contributed by atoms with Crippen LogP contribution in [0, 0.1) is 0 Å². The van der Waals surface area contributed by atoms with E-state index < -0.39 is 0 Å². The van der Waals surface area contributed by atoms with E-state index in [4.69, 9.17) is 9.47 Å². The Bertz CT molecular complexity index is 1260. The Morgan fingerprint density at radius 1 is 0.939 bits per heavy atom. The van der Waals surface area contributed by atoms with Gasteiger partial charge in [-0.15, -0.1) is 11.3 Å². The highest BCUT2D eigenvalue weighted by atomic mass is 32.1. The van der Waals surface area contributed by atoms with Gasteiger partial charge in [-0.05, 0) is 42.0 Å². The normalized spacial score (nSPS) is 13.9. The second kappa shape index (κ2) is 9.07. The van der Waals surface area contributed by atoms with E-state index >= 15 is 0 Å². The van der Waals surface area contributed by atoms with E-state index in [1.54, 1.807) is 25.4 Å². The third-order valence-electron chi connectivity index (χ3n) is 5.88. The maximum Gasteiger partial charge on any atom is 0.231 e. The van der Waals surface area contributed by atoms with Crippen LogP contribution in [0.4, 0.5) is 5.69 Å². The molecule has 0 N–H and O–H groups in total. The van der Waals surface area contributed by atoms with Gasteiger partial charge in [-0.3, -0.25) is 4.79 Å². The lowest BCUT2D eigenvalue weighted by molar-refractivity contribution is -0.129. The summed E-state index contributed by atoms with van der Waals surface area (Å²) in [6.45, 7) is 4.77. The topological polar surface area (TPSA) is 67.8 Å². The van der Waals surface area contributed by atoms with Crippen LogP contribution in [0.1, 0.15) is 6.92 Å². The van der Waals surface area contributed by atoms with Crippen LogP contribution in [0.2, 0.25) is 0 Å². The summed E-state index contributed by atoms with van der Waals surface area (Å²) in [4.78, 5) is 25.5. The minimum Gasteiger partial charge on any atom is -0.497 e. The summed E-state index contributed by atoms with van der Waals surface area (Å²) in [5.74, 6) is 2.20. The Kier molecular flexibility index (Phi) is 5.83. The Morgan fingerprint density at radius 2 is 1.64 bits per heavy atom. The molecule has 0 saturated carbocycles. The molecule has 0 spiro atoms. The van der Waals surface area contributed by atoms with Crippen molar-refractivity contribution in [1.29, 1.82) is 0 Å². The molecular formula is C25H24N4O3S. The van der Waals surface area contributed by atoms with Crippen molar-refractivity contribution in [1.82, 2.24) is 14.9 Å². The number of fused-ring (bicyclic) bond motifs is 1. The van der Waals surface area contributed by atoms with E-state index in [2.05, 4.69) is 32.4 Å². The largest absolute Gasteiger partial charge is 0.497 e. The van der Waals surface area contributed by atoms with Gasteiger partial charge in [0.2, 0.25) is 11.8 Å². The average molecular weight is 461 g/mol. The molecule has 3 heterocycles. The SMILES string of the molecule is COc1ccc(-c2csc3ncnc(Oc4ccc(N5CCN(C(C)=O)CC5)cc4)c23)cc1. The number of aromatic nitrogens is 2. The Morgan fingerprint density at radius 3 is 2.30 bits per heavy atom. The molecule has 0 unspecified atom stereocenters. The first kappa shape index (κ1) is 21.2. The first-order valence-electron chi connectivity index (χ1n) is 10.8. The van der Waals surface area contributed by atoms with Crippen LogP contribution in [0.5, 0.6) is 17.4 Å². The van der Waals surface area contributed by atoms with Gasteiger partial charge in [0, 0.05) is 49.7 Å². The molecule has 1 saturated heterocycles. The zero-order chi connectivity index (χ0) is 22.8. The van der Waals surface area contributed by atoms with E-state index in [0.717, 1.165) is 59.0 Å². The summed E-state index contributed by atoms with van der Waals surface area (Å²) in [7, 11) is 1.66. The fourth-order valence-corrected chi connectivity index (χ4v) is 4.93. The molecule has 1 fully saturated rings. The molecule has 0 bridgehead atoms. The highest BCUT2D eigenvalue weighted by Gasteiger charge is 2.19. The molecule has 8 heteroatoms. The molecular weight excluding hydrogens is 436 g/mol. The second-order valence-corrected chi connectivity index (χ2v) is 8.68. The number of carbonyl (C=O) groups is 1. The molecule has 0 aliphatic carbocycles. The number of carbonyl (C=O) groups excluding carboxylic acids is 1. The fourth-order valence-electron chi connectivity index (χ4n) is 4.02. The smallest absolute Gasteiger partial charge is 0.231 e. The van der Waals surface area contributed by atoms with Crippen molar-refractivity contribution in [2.24, 2.45) is 0 Å². The number of anilines is 1. The first-order valence-corrected chi connectivity index (χ1v) is 11.7. The highest BCUT2D eigenvalue weighted by molar-refractivity contribution is 7.17. The van der Waals surface area contributed by atoms with Gasteiger partial charge in [-0.2, -0.15) is 0 Å². The van der Waals surface area contributed by atoms with Gasteiger partial charge >= 0.3 is 0 Å². The lowest BCUT2D eigenvalue weighted by atomic mass is 10.1. The van der Waals surface area contributed by atoms with E-state index in [1.165, 1.54) is 6.33 Å². The average Bonchev–Trinajstić information content (AvgIpc) is 3.30. The lowest BCUT2D eigenvalue weighted by Crippen LogP contribution is -2.48. The summed E-state index contributed by atoms with van der Waals surface area (Å²) in [6, 6.07) is 16.0. The number of amides is 1. The quantitative estimate of drug-likeness (QED) is 0.425. The first-order chi connectivity index (χ1) is 16.1. The van der Waals surface area contributed by atoms with Gasteiger partial charge in [0.1, 0.15) is 22.7 Å². The van der Waals surface area contributed by atoms with Crippen molar-refractivity contribution in [2.45, 2.75) is 6.92 Å². The fraction of sp³-hybridized carbons (Fsp3) is 0.240. The lowest BCUT2D eigenvalue weighted by Gasteiger charge is -2.35. The number of methoxy groups -OCH3 is 1. The predicted molar refractivity (Wildman–Crippen MR) is 130 cm³/mol. The molecule has 168 valence electrons. The van der Waals surface area contributed by atoms with Gasteiger partial charge in [0.05, 0.1) is 12.5 Å². The molecule has 0 atom stereocenters. The summed E-state index contributed by atoms with van der Waals surface area (Å²) in [5, 5.41) is 2.98. The third-order valence-corrected chi connectivity index (χ3v) is 6.76. The van der Waals surface area contributed by atoms with E-state index in [-0.39, 0.29) is 5.91 Å². The molecule has 2 aromatic heterocycles. The maximum absolute atomic E-state index is 11.6. The maximum atomic E-state index is 11.6. The number of hydrogen-bond acceptors (Lipinski definition) is 7. The predicted octanol–water partition coefficient (Wildman–Crippen LogP) is 4.83. The summed E-state index contributed by atoms with van der Waals surface area (Å²) in [5.41, 5.74) is 3.21. The van der Waals surface area contributed by atoms with Crippen LogP contribution in [-0.4, -0.2) is 54.1 Å². The molecule has 1 aliphatic heterocycles.